The van der Waals surface area contributed by atoms with Crippen LogP contribution in [0.2, 0.25) is 0 Å². The van der Waals surface area contributed by atoms with Crippen molar-refractivity contribution in [2.75, 3.05) is 30.3 Å². The molecule has 1 N–H and O–H groups in total. The van der Waals surface area contributed by atoms with Crippen molar-refractivity contribution in [3.05, 3.63) is 72.3 Å². The Hall–Kier alpha value is -2.80. The number of benzene rings is 2. The van der Waals surface area contributed by atoms with Gasteiger partial charge in [0.15, 0.2) is 0 Å². The molecule has 156 valence electrons. The number of carbonyl (C=O) groups excluding carboxylic acids is 1. The van der Waals surface area contributed by atoms with E-state index in [1.807, 2.05) is 31.2 Å². The van der Waals surface area contributed by atoms with Crippen LogP contribution in [0.15, 0.2) is 61.2 Å². The number of hydrogen-bond donors (Lipinski definition) is 1. The first-order valence-corrected chi connectivity index (χ1v) is 11.4. The number of aryl methyl sites for hydroxylation is 1. The summed E-state index contributed by atoms with van der Waals surface area (Å²) in [4.78, 5) is 12.3. The van der Waals surface area contributed by atoms with Crippen LogP contribution in [0.4, 0.5) is 5.69 Å². The Balaban J connectivity index is 1.85. The zero-order valence-corrected chi connectivity index (χ0v) is 17.7. The number of sulfonamides is 1. The molecule has 0 heterocycles. The molecular formula is C22H28N2O4S. The highest BCUT2D eigenvalue weighted by Gasteiger charge is 2.16. The smallest absolute Gasteiger partial charge is 0.251 e. The van der Waals surface area contributed by atoms with E-state index in [1.54, 1.807) is 24.3 Å². The molecule has 2 aromatic rings. The maximum Gasteiger partial charge on any atom is 0.251 e. The molecule has 0 unspecified atom stereocenters. The lowest BCUT2D eigenvalue weighted by Crippen LogP contribution is -2.30. The lowest BCUT2D eigenvalue weighted by molar-refractivity contribution is 0.0953. The molecule has 2 rings (SSSR count). The standard InChI is InChI=1S/C22H28N2O4S/c1-4-17-24(29(3,26)27)20-12-10-19(11-13-20)22(25)23-16-6-7-18-8-14-21(15-9-18)28-5-2/h4,8-15H,1,5-7,16-17H2,2-3H3,(H,23,25). The molecule has 0 aliphatic carbocycles. The van der Waals surface area contributed by atoms with Gasteiger partial charge < -0.3 is 10.1 Å². The fourth-order valence-electron chi connectivity index (χ4n) is 2.84. The van der Waals surface area contributed by atoms with E-state index in [-0.39, 0.29) is 12.5 Å². The molecule has 29 heavy (non-hydrogen) atoms. The Morgan fingerprint density at radius 3 is 2.34 bits per heavy atom. The van der Waals surface area contributed by atoms with Gasteiger partial charge in [-0.2, -0.15) is 0 Å². The summed E-state index contributed by atoms with van der Waals surface area (Å²) in [5, 5.41) is 2.89. The van der Waals surface area contributed by atoms with Crippen LogP contribution in [0.1, 0.15) is 29.3 Å². The second kappa shape index (κ2) is 10.7. The van der Waals surface area contributed by atoms with Gasteiger partial charge in [-0.3, -0.25) is 9.10 Å². The van der Waals surface area contributed by atoms with Gasteiger partial charge in [0.1, 0.15) is 5.75 Å². The average molecular weight is 417 g/mol. The van der Waals surface area contributed by atoms with Crippen molar-refractivity contribution < 1.29 is 17.9 Å². The van der Waals surface area contributed by atoms with Gasteiger partial charge in [-0.25, -0.2) is 8.42 Å². The first kappa shape index (κ1) is 22.5. The van der Waals surface area contributed by atoms with Crippen LogP contribution in [-0.4, -0.2) is 40.3 Å². The Morgan fingerprint density at radius 1 is 1.14 bits per heavy atom. The summed E-state index contributed by atoms with van der Waals surface area (Å²) in [6, 6.07) is 14.5. The normalized spacial score (nSPS) is 11.0. The third-order valence-corrected chi connectivity index (χ3v) is 5.44. The topological polar surface area (TPSA) is 75.7 Å². The van der Waals surface area contributed by atoms with Crippen LogP contribution in [0, 0.1) is 0 Å². The van der Waals surface area contributed by atoms with E-state index in [9.17, 15) is 13.2 Å². The van der Waals surface area contributed by atoms with Crippen LogP contribution < -0.4 is 14.4 Å². The van der Waals surface area contributed by atoms with Gasteiger partial charge in [0.25, 0.3) is 5.91 Å². The monoisotopic (exact) mass is 416 g/mol. The lowest BCUT2D eigenvalue weighted by Gasteiger charge is -2.20. The van der Waals surface area contributed by atoms with Crippen molar-refractivity contribution in [1.29, 1.82) is 0 Å². The molecule has 0 aliphatic rings. The molecule has 0 saturated heterocycles. The lowest BCUT2D eigenvalue weighted by atomic mass is 10.1. The molecule has 0 saturated carbocycles. The van der Waals surface area contributed by atoms with Crippen LogP contribution >= 0.6 is 0 Å². The number of nitrogens with zero attached hydrogens (tertiary/aromatic N) is 1. The summed E-state index contributed by atoms with van der Waals surface area (Å²) in [5.41, 5.74) is 2.18. The van der Waals surface area contributed by atoms with Crippen molar-refractivity contribution in [3.8, 4) is 5.75 Å². The molecule has 0 atom stereocenters. The highest BCUT2D eigenvalue weighted by atomic mass is 32.2. The van der Waals surface area contributed by atoms with Gasteiger partial charge in [-0.1, -0.05) is 18.2 Å². The molecule has 0 aliphatic heterocycles. The maximum atomic E-state index is 12.3. The minimum Gasteiger partial charge on any atom is -0.494 e. The van der Waals surface area contributed by atoms with Crippen molar-refractivity contribution >= 4 is 21.6 Å². The van der Waals surface area contributed by atoms with Gasteiger partial charge in [0.2, 0.25) is 10.0 Å². The van der Waals surface area contributed by atoms with Crippen LogP contribution in [-0.2, 0) is 16.4 Å². The number of rotatable bonds is 11. The molecule has 7 heteroatoms. The molecule has 0 radical (unpaired) electrons. The SMILES string of the molecule is C=CCN(c1ccc(C(=O)NCCCc2ccc(OCC)cc2)cc1)S(C)(=O)=O. The molecule has 0 bridgehead atoms. The summed E-state index contributed by atoms with van der Waals surface area (Å²) >= 11 is 0. The highest BCUT2D eigenvalue weighted by Crippen LogP contribution is 2.18. The quantitative estimate of drug-likeness (QED) is 0.450. The van der Waals surface area contributed by atoms with Gasteiger partial charge in [0, 0.05) is 12.1 Å². The third kappa shape index (κ3) is 6.94. The van der Waals surface area contributed by atoms with E-state index in [4.69, 9.17) is 4.74 Å². The fourth-order valence-corrected chi connectivity index (χ4v) is 3.72. The minimum atomic E-state index is -3.41. The number of nitrogens with one attached hydrogen (secondary N) is 1. The predicted molar refractivity (Wildman–Crippen MR) is 117 cm³/mol. The van der Waals surface area contributed by atoms with Crippen molar-refractivity contribution in [1.82, 2.24) is 5.32 Å². The number of ether oxygens (including phenoxy) is 1. The minimum absolute atomic E-state index is 0.177. The van der Waals surface area contributed by atoms with Gasteiger partial charge in [0.05, 0.1) is 25.1 Å². The van der Waals surface area contributed by atoms with Gasteiger partial charge in [-0.05, 0) is 61.7 Å². The number of carbonyl (C=O) groups is 1. The largest absolute Gasteiger partial charge is 0.494 e. The van der Waals surface area contributed by atoms with Crippen LogP contribution in [0.5, 0.6) is 5.75 Å². The van der Waals surface area contributed by atoms with E-state index in [0.29, 0.717) is 24.4 Å². The van der Waals surface area contributed by atoms with Gasteiger partial charge >= 0.3 is 0 Å². The van der Waals surface area contributed by atoms with E-state index in [0.717, 1.165) is 24.8 Å². The first-order valence-electron chi connectivity index (χ1n) is 9.53. The molecule has 1 amide bonds. The third-order valence-electron chi connectivity index (χ3n) is 4.27. The molecule has 0 fully saturated rings. The number of amides is 1. The van der Waals surface area contributed by atoms with Crippen molar-refractivity contribution in [2.45, 2.75) is 19.8 Å². The number of anilines is 1. The Labute approximate surface area is 173 Å². The summed E-state index contributed by atoms with van der Waals surface area (Å²) < 4.78 is 30.4. The highest BCUT2D eigenvalue weighted by molar-refractivity contribution is 7.92. The van der Waals surface area contributed by atoms with E-state index >= 15 is 0 Å². The van der Waals surface area contributed by atoms with E-state index < -0.39 is 10.0 Å². The second-order valence-electron chi connectivity index (χ2n) is 6.57. The Kier molecular flexibility index (Phi) is 8.27. The second-order valence-corrected chi connectivity index (χ2v) is 8.47. The molecule has 2 aromatic carbocycles. The van der Waals surface area contributed by atoms with E-state index in [2.05, 4.69) is 11.9 Å². The molecule has 6 nitrogen and oxygen atoms in total. The maximum absolute atomic E-state index is 12.3. The fraction of sp³-hybridized carbons (Fsp3) is 0.318. The van der Waals surface area contributed by atoms with E-state index in [1.165, 1.54) is 15.9 Å². The number of hydrogen-bond acceptors (Lipinski definition) is 4. The summed E-state index contributed by atoms with van der Waals surface area (Å²) in [5.74, 6) is 0.674. The Bertz CT molecular complexity index is 907. The molecule has 0 aromatic heterocycles. The molecular weight excluding hydrogens is 388 g/mol. The van der Waals surface area contributed by atoms with Crippen LogP contribution in [0.3, 0.4) is 0 Å². The summed E-state index contributed by atoms with van der Waals surface area (Å²) in [6.07, 6.45) is 4.34. The summed E-state index contributed by atoms with van der Waals surface area (Å²) in [6.45, 7) is 6.91. The predicted octanol–water partition coefficient (Wildman–Crippen LogP) is 3.40. The van der Waals surface area contributed by atoms with Crippen molar-refractivity contribution in [3.63, 3.8) is 0 Å². The first-order chi connectivity index (χ1) is 13.8. The summed E-state index contributed by atoms with van der Waals surface area (Å²) in [7, 11) is -3.41. The van der Waals surface area contributed by atoms with Crippen LogP contribution in [0.25, 0.3) is 0 Å². The van der Waals surface area contributed by atoms with Crippen molar-refractivity contribution in [2.24, 2.45) is 0 Å². The average Bonchev–Trinajstić information content (AvgIpc) is 2.70. The van der Waals surface area contributed by atoms with Gasteiger partial charge in [-0.15, -0.1) is 6.58 Å². The zero-order valence-electron chi connectivity index (χ0n) is 16.9. The Morgan fingerprint density at radius 2 is 1.79 bits per heavy atom. The molecule has 0 spiro atoms. The zero-order chi connectivity index (χ0) is 21.3.